The highest BCUT2D eigenvalue weighted by molar-refractivity contribution is 7.13. The van der Waals surface area contributed by atoms with Crippen LogP contribution < -0.4 is 10.2 Å². The molecule has 0 aliphatic carbocycles. The fourth-order valence-corrected chi connectivity index (χ4v) is 3.23. The Kier molecular flexibility index (Phi) is 4.02. The zero-order valence-electron chi connectivity index (χ0n) is 11.5. The second-order valence-electron chi connectivity index (χ2n) is 5.55. The van der Waals surface area contributed by atoms with E-state index < -0.39 is 0 Å². The molecule has 5 nitrogen and oxygen atoms in total. The summed E-state index contributed by atoms with van der Waals surface area (Å²) in [5, 5.41) is 6.46. The predicted octanol–water partition coefficient (Wildman–Crippen LogP) is 0.644. The van der Waals surface area contributed by atoms with Gasteiger partial charge in [0, 0.05) is 57.4 Å². The number of hydrogen-bond donors (Lipinski definition) is 1. The van der Waals surface area contributed by atoms with Gasteiger partial charge >= 0.3 is 0 Å². The molecule has 19 heavy (non-hydrogen) atoms. The molecule has 0 spiro atoms. The first-order valence-electron chi connectivity index (χ1n) is 6.97. The Hall–Kier alpha value is -0.690. The normalized spacial score (nSPS) is 23.3. The molecule has 2 aliphatic heterocycles. The highest BCUT2D eigenvalue weighted by Crippen LogP contribution is 2.19. The van der Waals surface area contributed by atoms with Crippen LogP contribution in [-0.4, -0.2) is 67.9 Å². The molecule has 6 heteroatoms. The number of hydrogen-bond acceptors (Lipinski definition) is 6. The quantitative estimate of drug-likeness (QED) is 0.858. The van der Waals surface area contributed by atoms with Crippen LogP contribution >= 0.6 is 11.3 Å². The molecular weight excluding hydrogens is 260 g/mol. The van der Waals surface area contributed by atoms with Gasteiger partial charge in [-0.1, -0.05) is 0 Å². The highest BCUT2D eigenvalue weighted by atomic mass is 32.1. The number of nitrogens with zero attached hydrogens (tertiary/aromatic N) is 3. The Bertz CT molecular complexity index is 385. The fraction of sp³-hybridized carbons (Fsp3) is 0.769. The van der Waals surface area contributed by atoms with Crippen molar-refractivity contribution in [2.75, 3.05) is 57.3 Å². The summed E-state index contributed by atoms with van der Waals surface area (Å²) >= 11 is 1.73. The van der Waals surface area contributed by atoms with E-state index in [1.807, 2.05) is 11.6 Å². The van der Waals surface area contributed by atoms with Gasteiger partial charge < -0.3 is 15.0 Å². The summed E-state index contributed by atoms with van der Waals surface area (Å²) in [5.74, 6) is 0. The van der Waals surface area contributed by atoms with Crippen molar-refractivity contribution in [3.63, 3.8) is 0 Å². The van der Waals surface area contributed by atoms with E-state index in [2.05, 4.69) is 27.0 Å². The maximum atomic E-state index is 5.94. The first-order chi connectivity index (χ1) is 9.25. The van der Waals surface area contributed by atoms with Gasteiger partial charge in [0.2, 0.25) is 0 Å². The van der Waals surface area contributed by atoms with Crippen molar-refractivity contribution in [1.82, 2.24) is 15.2 Å². The van der Waals surface area contributed by atoms with Crippen molar-refractivity contribution in [3.05, 3.63) is 11.6 Å². The lowest BCUT2D eigenvalue weighted by atomic mass is 10.0. The Labute approximate surface area is 118 Å². The maximum absolute atomic E-state index is 5.94. The van der Waals surface area contributed by atoms with Crippen LogP contribution in [0.3, 0.4) is 0 Å². The molecule has 3 rings (SSSR count). The minimum Gasteiger partial charge on any atom is -0.371 e. The molecule has 2 saturated heterocycles. The summed E-state index contributed by atoms with van der Waals surface area (Å²) in [6.45, 7) is 10.4. The molecule has 0 unspecified atom stereocenters. The Balaban J connectivity index is 1.36. The van der Waals surface area contributed by atoms with E-state index >= 15 is 0 Å². The van der Waals surface area contributed by atoms with Crippen molar-refractivity contribution in [3.8, 4) is 0 Å². The first-order valence-corrected chi connectivity index (χ1v) is 7.85. The molecule has 0 radical (unpaired) electrons. The molecule has 2 aliphatic rings. The van der Waals surface area contributed by atoms with E-state index in [0.29, 0.717) is 0 Å². The van der Waals surface area contributed by atoms with Crippen molar-refractivity contribution < 1.29 is 4.74 Å². The largest absolute Gasteiger partial charge is 0.371 e. The third-order valence-electron chi connectivity index (χ3n) is 3.92. The third-order valence-corrected chi connectivity index (χ3v) is 4.75. The van der Waals surface area contributed by atoms with E-state index in [0.717, 1.165) is 57.6 Å². The molecular formula is C13H22N4OS. The average Bonchev–Trinajstić information content (AvgIpc) is 2.91. The Morgan fingerprint density at radius 3 is 2.74 bits per heavy atom. The van der Waals surface area contributed by atoms with Gasteiger partial charge in [-0.05, 0) is 6.92 Å². The molecule has 1 N–H and O–H groups in total. The van der Waals surface area contributed by atoms with Crippen LogP contribution in [0.4, 0.5) is 5.13 Å². The summed E-state index contributed by atoms with van der Waals surface area (Å²) in [5.41, 5.74) is 0.0860. The number of nitrogens with one attached hydrogen (secondary N) is 1. The first kappa shape index (κ1) is 13.3. The molecule has 0 bridgehead atoms. The molecule has 1 aromatic heterocycles. The standard InChI is InChI=1S/C13H22N4OS/c1-13(10-14-11-13)18-8-7-16-3-5-17(6-4-16)12-15-2-9-19-12/h2,9,14H,3-8,10-11H2,1H3. The summed E-state index contributed by atoms with van der Waals surface area (Å²) < 4.78 is 5.94. The third kappa shape index (κ3) is 3.25. The van der Waals surface area contributed by atoms with E-state index in [4.69, 9.17) is 4.74 Å². The number of ether oxygens (including phenoxy) is 1. The van der Waals surface area contributed by atoms with Crippen molar-refractivity contribution in [2.24, 2.45) is 0 Å². The molecule has 3 heterocycles. The van der Waals surface area contributed by atoms with Crippen molar-refractivity contribution in [1.29, 1.82) is 0 Å². The maximum Gasteiger partial charge on any atom is 0.185 e. The monoisotopic (exact) mass is 282 g/mol. The lowest BCUT2D eigenvalue weighted by Gasteiger charge is -2.40. The van der Waals surface area contributed by atoms with Crippen LogP contribution in [0.5, 0.6) is 0 Å². The van der Waals surface area contributed by atoms with E-state index in [-0.39, 0.29) is 5.60 Å². The second kappa shape index (κ2) is 5.75. The van der Waals surface area contributed by atoms with Gasteiger partial charge in [0.05, 0.1) is 12.2 Å². The predicted molar refractivity (Wildman–Crippen MR) is 78.0 cm³/mol. The minimum absolute atomic E-state index is 0.0860. The van der Waals surface area contributed by atoms with Crippen LogP contribution in [0.2, 0.25) is 0 Å². The van der Waals surface area contributed by atoms with E-state index in [1.54, 1.807) is 11.3 Å². The van der Waals surface area contributed by atoms with Gasteiger partial charge in [0.15, 0.2) is 5.13 Å². The lowest BCUT2D eigenvalue weighted by Crippen LogP contribution is -2.59. The van der Waals surface area contributed by atoms with Gasteiger partial charge in [-0.15, -0.1) is 11.3 Å². The van der Waals surface area contributed by atoms with E-state index in [1.165, 1.54) is 0 Å². The fourth-order valence-electron chi connectivity index (χ4n) is 2.54. The zero-order chi connectivity index (χ0) is 13.1. The Morgan fingerprint density at radius 1 is 1.37 bits per heavy atom. The smallest absolute Gasteiger partial charge is 0.185 e. The summed E-state index contributed by atoms with van der Waals surface area (Å²) in [7, 11) is 0. The summed E-state index contributed by atoms with van der Waals surface area (Å²) in [6.07, 6.45) is 1.88. The topological polar surface area (TPSA) is 40.6 Å². The molecule has 0 aromatic carbocycles. The summed E-state index contributed by atoms with van der Waals surface area (Å²) in [4.78, 5) is 9.23. The second-order valence-corrected chi connectivity index (χ2v) is 6.42. The summed E-state index contributed by atoms with van der Waals surface area (Å²) in [6, 6.07) is 0. The molecule has 106 valence electrons. The molecule has 2 fully saturated rings. The van der Waals surface area contributed by atoms with Crippen LogP contribution in [0, 0.1) is 0 Å². The van der Waals surface area contributed by atoms with Crippen LogP contribution in [0.1, 0.15) is 6.92 Å². The number of piperazine rings is 1. The average molecular weight is 282 g/mol. The number of rotatable bonds is 5. The Morgan fingerprint density at radius 2 is 2.16 bits per heavy atom. The van der Waals surface area contributed by atoms with Gasteiger partial charge in [-0.2, -0.15) is 0 Å². The zero-order valence-corrected chi connectivity index (χ0v) is 12.3. The number of aromatic nitrogens is 1. The van der Waals surface area contributed by atoms with Gasteiger partial charge in [-0.3, -0.25) is 4.90 Å². The number of anilines is 1. The lowest BCUT2D eigenvalue weighted by molar-refractivity contribution is -0.0723. The van der Waals surface area contributed by atoms with Crippen molar-refractivity contribution >= 4 is 16.5 Å². The van der Waals surface area contributed by atoms with Gasteiger partial charge in [0.1, 0.15) is 0 Å². The minimum atomic E-state index is 0.0860. The van der Waals surface area contributed by atoms with Gasteiger partial charge in [0.25, 0.3) is 0 Å². The van der Waals surface area contributed by atoms with Crippen LogP contribution in [0.15, 0.2) is 11.6 Å². The van der Waals surface area contributed by atoms with E-state index in [9.17, 15) is 0 Å². The number of thiazole rings is 1. The molecule has 1 aromatic rings. The van der Waals surface area contributed by atoms with Crippen LogP contribution in [0.25, 0.3) is 0 Å². The van der Waals surface area contributed by atoms with Crippen LogP contribution in [-0.2, 0) is 4.74 Å². The molecule has 0 amide bonds. The SMILES string of the molecule is CC1(OCCN2CCN(c3nccs3)CC2)CNC1. The van der Waals surface area contributed by atoms with Gasteiger partial charge in [-0.25, -0.2) is 4.98 Å². The highest BCUT2D eigenvalue weighted by Gasteiger charge is 2.32. The van der Waals surface area contributed by atoms with Crippen molar-refractivity contribution in [2.45, 2.75) is 12.5 Å². The molecule has 0 saturated carbocycles. The molecule has 0 atom stereocenters.